The second-order valence-corrected chi connectivity index (χ2v) is 3.91. The van der Waals surface area contributed by atoms with Gasteiger partial charge in [0, 0.05) is 37.8 Å². The van der Waals surface area contributed by atoms with E-state index in [1.165, 1.54) is 0 Å². The summed E-state index contributed by atoms with van der Waals surface area (Å²) in [7, 11) is 0. The Morgan fingerprint density at radius 2 is 2.07 bits per heavy atom. The van der Waals surface area contributed by atoms with Crippen LogP contribution in [0.25, 0.3) is 0 Å². The van der Waals surface area contributed by atoms with E-state index in [-0.39, 0.29) is 6.42 Å². The quantitative estimate of drug-likeness (QED) is 0.714. The predicted molar refractivity (Wildman–Crippen MR) is 53.0 cm³/mol. The molecule has 3 nitrogen and oxygen atoms in total. The number of rotatable bonds is 1. The molecule has 0 radical (unpaired) electrons. The summed E-state index contributed by atoms with van der Waals surface area (Å²) in [6, 6.07) is 1.71. The average molecular weight is 213 g/mol. The van der Waals surface area contributed by atoms with Gasteiger partial charge in [0.2, 0.25) is 5.95 Å². The Kier molecular flexibility index (Phi) is 2.54. The van der Waals surface area contributed by atoms with Crippen molar-refractivity contribution in [1.82, 2.24) is 9.97 Å². The smallest absolute Gasteiger partial charge is 0.254 e. The van der Waals surface area contributed by atoms with Gasteiger partial charge in [-0.2, -0.15) is 0 Å². The van der Waals surface area contributed by atoms with Gasteiger partial charge in [0.05, 0.1) is 0 Å². The molecule has 2 heterocycles. The molecule has 1 aromatic rings. The molecule has 0 amide bonds. The Hall–Kier alpha value is -1.26. The van der Waals surface area contributed by atoms with E-state index < -0.39 is 11.8 Å². The van der Waals surface area contributed by atoms with Crippen LogP contribution in [0.3, 0.4) is 0 Å². The van der Waals surface area contributed by atoms with E-state index in [9.17, 15) is 8.78 Å². The number of halogens is 2. The highest BCUT2D eigenvalue weighted by Crippen LogP contribution is 2.33. The molecule has 5 heteroatoms. The van der Waals surface area contributed by atoms with Crippen molar-refractivity contribution in [3.05, 3.63) is 18.5 Å². The van der Waals surface area contributed by atoms with E-state index >= 15 is 0 Å². The van der Waals surface area contributed by atoms with E-state index in [2.05, 4.69) is 9.97 Å². The Morgan fingerprint density at radius 3 is 2.67 bits per heavy atom. The molecule has 0 bridgehead atoms. The summed E-state index contributed by atoms with van der Waals surface area (Å²) in [5.74, 6) is -2.65. The van der Waals surface area contributed by atoms with Gasteiger partial charge in [0.15, 0.2) is 0 Å². The molecule has 1 fully saturated rings. The fourth-order valence-electron chi connectivity index (χ4n) is 1.72. The maximum absolute atomic E-state index is 13.2. The van der Waals surface area contributed by atoms with Crippen LogP contribution in [0.15, 0.2) is 18.5 Å². The number of hydrogen-bond acceptors (Lipinski definition) is 3. The molecule has 1 aromatic heterocycles. The summed E-state index contributed by atoms with van der Waals surface area (Å²) in [4.78, 5) is 9.92. The third kappa shape index (κ3) is 2.06. The van der Waals surface area contributed by atoms with Crippen LogP contribution < -0.4 is 4.90 Å². The lowest BCUT2D eigenvalue weighted by atomic mass is 9.96. The zero-order valence-electron chi connectivity index (χ0n) is 8.53. The Labute approximate surface area is 87.1 Å². The van der Waals surface area contributed by atoms with Crippen molar-refractivity contribution in [1.29, 1.82) is 0 Å². The fourth-order valence-corrected chi connectivity index (χ4v) is 1.72. The summed E-state index contributed by atoms with van der Waals surface area (Å²) < 4.78 is 26.4. The molecular formula is C10H13F2N3. The topological polar surface area (TPSA) is 29.0 Å². The highest BCUT2D eigenvalue weighted by atomic mass is 19.3. The lowest BCUT2D eigenvalue weighted by Crippen LogP contribution is -2.46. The molecule has 15 heavy (non-hydrogen) atoms. The Morgan fingerprint density at radius 1 is 1.40 bits per heavy atom. The first-order chi connectivity index (χ1) is 7.09. The summed E-state index contributed by atoms with van der Waals surface area (Å²) in [5.41, 5.74) is 0. The van der Waals surface area contributed by atoms with Gasteiger partial charge in [0.1, 0.15) is 0 Å². The number of piperidine rings is 1. The van der Waals surface area contributed by atoms with Crippen LogP contribution in [0.1, 0.15) is 13.3 Å². The van der Waals surface area contributed by atoms with Crippen molar-refractivity contribution in [3.8, 4) is 0 Å². The lowest BCUT2D eigenvalue weighted by molar-refractivity contribution is -0.0653. The van der Waals surface area contributed by atoms with E-state index in [0.717, 1.165) is 0 Å². The molecule has 2 rings (SSSR count). The first kappa shape index (κ1) is 10.3. The van der Waals surface area contributed by atoms with Gasteiger partial charge in [-0.1, -0.05) is 6.92 Å². The van der Waals surface area contributed by atoms with Crippen LogP contribution in [0.5, 0.6) is 0 Å². The van der Waals surface area contributed by atoms with Gasteiger partial charge in [-0.05, 0) is 6.07 Å². The molecule has 1 atom stereocenters. The van der Waals surface area contributed by atoms with E-state index in [1.807, 2.05) is 4.90 Å². The minimum atomic E-state index is -2.55. The van der Waals surface area contributed by atoms with E-state index in [0.29, 0.717) is 19.0 Å². The number of aromatic nitrogens is 2. The number of anilines is 1. The van der Waals surface area contributed by atoms with Gasteiger partial charge in [-0.15, -0.1) is 0 Å². The number of alkyl halides is 2. The molecule has 0 aliphatic carbocycles. The summed E-state index contributed by atoms with van der Waals surface area (Å²) in [6.45, 7) is 2.20. The van der Waals surface area contributed by atoms with Gasteiger partial charge in [-0.3, -0.25) is 0 Å². The largest absolute Gasteiger partial charge is 0.340 e. The van der Waals surface area contributed by atoms with Crippen molar-refractivity contribution in [2.24, 2.45) is 5.92 Å². The SMILES string of the molecule is C[C@@H]1CN(c2ncccn2)CCC1(F)F. The highest BCUT2D eigenvalue weighted by molar-refractivity contribution is 5.29. The molecule has 0 unspecified atom stereocenters. The van der Waals surface area contributed by atoms with Crippen LogP contribution >= 0.6 is 0 Å². The third-order valence-corrected chi connectivity index (χ3v) is 2.77. The molecule has 82 valence electrons. The van der Waals surface area contributed by atoms with Crippen LogP contribution in [0.2, 0.25) is 0 Å². The first-order valence-electron chi connectivity index (χ1n) is 4.99. The fraction of sp³-hybridized carbons (Fsp3) is 0.600. The predicted octanol–water partition coefficient (Wildman–Crippen LogP) is 1.96. The third-order valence-electron chi connectivity index (χ3n) is 2.77. The van der Waals surface area contributed by atoms with E-state index in [1.54, 1.807) is 25.4 Å². The Bertz CT molecular complexity index is 329. The van der Waals surface area contributed by atoms with Crippen molar-refractivity contribution in [2.45, 2.75) is 19.3 Å². The first-order valence-corrected chi connectivity index (χ1v) is 4.99. The number of hydrogen-bond donors (Lipinski definition) is 0. The maximum atomic E-state index is 13.2. The summed E-state index contributed by atoms with van der Waals surface area (Å²) >= 11 is 0. The van der Waals surface area contributed by atoms with Gasteiger partial charge in [0.25, 0.3) is 5.92 Å². The summed E-state index contributed by atoms with van der Waals surface area (Å²) in [6.07, 6.45) is 3.13. The Balaban J connectivity index is 2.10. The molecule has 1 saturated heterocycles. The van der Waals surface area contributed by atoms with Crippen molar-refractivity contribution >= 4 is 5.95 Å². The van der Waals surface area contributed by atoms with Gasteiger partial charge in [-0.25, -0.2) is 18.7 Å². The zero-order chi connectivity index (χ0) is 10.9. The zero-order valence-corrected chi connectivity index (χ0v) is 8.53. The van der Waals surface area contributed by atoms with E-state index in [4.69, 9.17) is 0 Å². The maximum Gasteiger partial charge on any atom is 0.254 e. The standard InChI is InChI=1S/C10H13F2N3/c1-8-7-15(6-3-10(8,11)12)9-13-4-2-5-14-9/h2,4-5,8H,3,6-7H2,1H3/t8-/m1/s1. The second-order valence-electron chi connectivity index (χ2n) is 3.91. The molecule has 0 N–H and O–H groups in total. The molecule has 1 aliphatic rings. The van der Waals surface area contributed by atoms with Crippen molar-refractivity contribution in [3.63, 3.8) is 0 Å². The van der Waals surface area contributed by atoms with Crippen molar-refractivity contribution < 1.29 is 8.78 Å². The van der Waals surface area contributed by atoms with Crippen LogP contribution in [-0.2, 0) is 0 Å². The lowest BCUT2D eigenvalue weighted by Gasteiger charge is -2.36. The van der Waals surface area contributed by atoms with Crippen LogP contribution in [-0.4, -0.2) is 29.0 Å². The normalized spacial score (nSPS) is 25.3. The molecule has 0 aromatic carbocycles. The van der Waals surface area contributed by atoms with Crippen molar-refractivity contribution in [2.75, 3.05) is 18.0 Å². The van der Waals surface area contributed by atoms with Gasteiger partial charge < -0.3 is 4.90 Å². The van der Waals surface area contributed by atoms with Gasteiger partial charge >= 0.3 is 0 Å². The average Bonchev–Trinajstić information content (AvgIpc) is 2.23. The molecule has 0 saturated carbocycles. The summed E-state index contributed by atoms with van der Waals surface area (Å²) in [5, 5.41) is 0. The molecule has 1 aliphatic heterocycles. The minimum absolute atomic E-state index is 0.119. The van der Waals surface area contributed by atoms with Crippen LogP contribution in [0, 0.1) is 5.92 Å². The second kappa shape index (κ2) is 3.72. The minimum Gasteiger partial charge on any atom is -0.340 e. The monoisotopic (exact) mass is 213 g/mol. The van der Waals surface area contributed by atoms with Crippen LogP contribution in [0.4, 0.5) is 14.7 Å². The number of nitrogens with zero attached hydrogens (tertiary/aromatic N) is 3. The molecule has 0 spiro atoms. The molecular weight excluding hydrogens is 200 g/mol. The highest BCUT2D eigenvalue weighted by Gasteiger charge is 2.41.